The fraction of sp³-hybridized carbons (Fsp3) is 0.526. The van der Waals surface area contributed by atoms with Gasteiger partial charge in [-0.25, -0.2) is 0 Å². The van der Waals surface area contributed by atoms with Gasteiger partial charge < -0.3 is 20.4 Å². The van der Waals surface area contributed by atoms with Gasteiger partial charge in [-0.05, 0) is 43.8 Å². The maximum Gasteiger partial charge on any atom is 0.251 e. The maximum atomic E-state index is 12.1. The van der Waals surface area contributed by atoms with Gasteiger partial charge in [-0.3, -0.25) is 14.4 Å². The van der Waals surface area contributed by atoms with E-state index in [0.29, 0.717) is 18.5 Å². The van der Waals surface area contributed by atoms with Crippen LogP contribution >= 0.6 is 0 Å². The molecule has 1 fully saturated rings. The van der Waals surface area contributed by atoms with Crippen LogP contribution in [0.2, 0.25) is 0 Å². The number of benzene rings is 1. The molecule has 1 aromatic rings. The molecule has 0 bridgehead atoms. The number of hydrogen-bond acceptors (Lipinski definition) is 4. The molecule has 0 saturated carbocycles. The third-order valence-electron chi connectivity index (χ3n) is 4.57. The molecule has 0 atom stereocenters. The summed E-state index contributed by atoms with van der Waals surface area (Å²) in [5, 5.41) is 5.42. The minimum absolute atomic E-state index is 0.0521. The quantitative estimate of drug-likeness (QED) is 0.688. The Hall–Kier alpha value is -2.41. The van der Waals surface area contributed by atoms with E-state index in [0.717, 1.165) is 38.3 Å². The van der Waals surface area contributed by atoms with Crippen molar-refractivity contribution < 1.29 is 14.4 Å². The summed E-state index contributed by atoms with van der Waals surface area (Å²) >= 11 is 0. The van der Waals surface area contributed by atoms with E-state index in [1.54, 1.807) is 29.2 Å². The largest absolute Gasteiger partial charge is 0.353 e. The Morgan fingerprint density at radius 2 is 1.81 bits per heavy atom. The summed E-state index contributed by atoms with van der Waals surface area (Å²) in [5.74, 6) is -0.392. The lowest BCUT2D eigenvalue weighted by Crippen LogP contribution is -2.40. The van der Waals surface area contributed by atoms with Crippen molar-refractivity contribution in [3.05, 3.63) is 29.8 Å². The van der Waals surface area contributed by atoms with Crippen LogP contribution in [-0.2, 0) is 9.59 Å². The van der Waals surface area contributed by atoms with E-state index >= 15 is 0 Å². The van der Waals surface area contributed by atoms with Crippen molar-refractivity contribution in [2.75, 3.05) is 44.2 Å². The van der Waals surface area contributed by atoms with Crippen LogP contribution in [0.1, 0.15) is 37.0 Å². The molecule has 142 valence electrons. The zero-order valence-corrected chi connectivity index (χ0v) is 15.6. The van der Waals surface area contributed by atoms with Crippen LogP contribution < -0.4 is 15.5 Å². The number of hydrogen-bond donors (Lipinski definition) is 2. The normalized spacial score (nSPS) is 14.0. The lowest BCUT2D eigenvalue weighted by Gasteiger charge is -2.18. The molecule has 1 saturated heterocycles. The predicted molar refractivity (Wildman–Crippen MR) is 101 cm³/mol. The van der Waals surface area contributed by atoms with Crippen LogP contribution in [0.25, 0.3) is 0 Å². The number of nitrogens with zero attached hydrogens (tertiary/aromatic N) is 2. The summed E-state index contributed by atoms with van der Waals surface area (Å²) in [4.78, 5) is 39.6. The van der Waals surface area contributed by atoms with Crippen molar-refractivity contribution in [2.45, 2.75) is 26.7 Å². The third kappa shape index (κ3) is 5.56. The van der Waals surface area contributed by atoms with Gasteiger partial charge in [0.2, 0.25) is 11.8 Å². The van der Waals surface area contributed by atoms with Gasteiger partial charge in [-0.1, -0.05) is 13.8 Å². The maximum absolute atomic E-state index is 12.1. The molecule has 1 aromatic carbocycles. The Kier molecular flexibility index (Phi) is 7.59. The van der Waals surface area contributed by atoms with E-state index in [1.807, 2.05) is 0 Å². The van der Waals surface area contributed by atoms with Gasteiger partial charge in [0.15, 0.2) is 0 Å². The standard InChI is InChI=1S/C19H28N4O3/c1-3-22(4-2)13-11-20-17(24)14-21-19(26)15-7-9-16(10-8-15)23-12-5-6-18(23)25/h7-10H,3-6,11-14H2,1-2H3,(H,20,24)(H,21,26). The average molecular weight is 360 g/mol. The van der Waals surface area contributed by atoms with Crippen LogP contribution in [-0.4, -0.2) is 61.9 Å². The zero-order chi connectivity index (χ0) is 18.9. The Balaban J connectivity index is 1.75. The number of anilines is 1. The van der Waals surface area contributed by atoms with Gasteiger partial charge in [0.05, 0.1) is 6.54 Å². The molecule has 0 aromatic heterocycles. The number of nitrogens with one attached hydrogen (secondary N) is 2. The molecule has 26 heavy (non-hydrogen) atoms. The fourth-order valence-corrected chi connectivity index (χ4v) is 2.93. The van der Waals surface area contributed by atoms with Gasteiger partial charge in [0.1, 0.15) is 0 Å². The highest BCUT2D eigenvalue weighted by Gasteiger charge is 2.21. The highest BCUT2D eigenvalue weighted by Crippen LogP contribution is 2.21. The second kappa shape index (κ2) is 9.91. The van der Waals surface area contributed by atoms with Gasteiger partial charge >= 0.3 is 0 Å². The van der Waals surface area contributed by atoms with E-state index in [-0.39, 0.29) is 24.3 Å². The minimum Gasteiger partial charge on any atom is -0.353 e. The lowest BCUT2D eigenvalue weighted by molar-refractivity contribution is -0.120. The fourth-order valence-electron chi connectivity index (χ4n) is 2.93. The molecule has 1 aliphatic heterocycles. The van der Waals surface area contributed by atoms with Crippen LogP contribution in [0.3, 0.4) is 0 Å². The van der Waals surface area contributed by atoms with E-state index in [2.05, 4.69) is 29.4 Å². The smallest absolute Gasteiger partial charge is 0.251 e. The summed E-state index contributed by atoms with van der Waals surface area (Å²) < 4.78 is 0. The number of carbonyl (C=O) groups is 3. The summed E-state index contributed by atoms with van der Waals surface area (Å²) in [6.45, 7) is 8.08. The SMILES string of the molecule is CCN(CC)CCNC(=O)CNC(=O)c1ccc(N2CCCC2=O)cc1. The molecular formula is C19H28N4O3. The summed E-state index contributed by atoms with van der Waals surface area (Å²) in [6, 6.07) is 6.88. The van der Waals surface area contributed by atoms with Gasteiger partial charge in [0, 0.05) is 37.3 Å². The van der Waals surface area contributed by atoms with Crippen LogP contribution in [0, 0.1) is 0 Å². The van der Waals surface area contributed by atoms with Gasteiger partial charge in [0.25, 0.3) is 5.91 Å². The Bertz CT molecular complexity index is 626. The number of amides is 3. The van der Waals surface area contributed by atoms with Crippen molar-refractivity contribution in [2.24, 2.45) is 0 Å². The van der Waals surface area contributed by atoms with E-state index in [4.69, 9.17) is 0 Å². The first kappa shape index (κ1) is 19.9. The molecule has 7 nitrogen and oxygen atoms in total. The van der Waals surface area contributed by atoms with Crippen LogP contribution in [0.4, 0.5) is 5.69 Å². The van der Waals surface area contributed by atoms with Crippen molar-refractivity contribution in [1.82, 2.24) is 15.5 Å². The van der Waals surface area contributed by atoms with Crippen LogP contribution in [0.5, 0.6) is 0 Å². The zero-order valence-electron chi connectivity index (χ0n) is 15.6. The van der Waals surface area contributed by atoms with E-state index in [1.165, 1.54) is 0 Å². The van der Waals surface area contributed by atoms with E-state index < -0.39 is 0 Å². The Labute approximate surface area is 154 Å². The molecule has 2 N–H and O–H groups in total. The second-order valence-corrected chi connectivity index (χ2v) is 6.26. The topological polar surface area (TPSA) is 81.8 Å². The summed E-state index contributed by atoms with van der Waals surface area (Å²) in [5.41, 5.74) is 1.27. The molecule has 0 aliphatic carbocycles. The average Bonchev–Trinajstić information content (AvgIpc) is 3.09. The molecule has 0 spiro atoms. The number of rotatable bonds is 9. The van der Waals surface area contributed by atoms with Crippen molar-refractivity contribution in [1.29, 1.82) is 0 Å². The molecule has 2 rings (SSSR count). The molecule has 1 heterocycles. The highest BCUT2D eigenvalue weighted by molar-refractivity contribution is 5.98. The predicted octanol–water partition coefficient (Wildman–Crippen LogP) is 1.00. The molecular weight excluding hydrogens is 332 g/mol. The molecule has 1 aliphatic rings. The Morgan fingerprint density at radius 1 is 1.12 bits per heavy atom. The molecule has 3 amide bonds. The van der Waals surface area contributed by atoms with Crippen LogP contribution in [0.15, 0.2) is 24.3 Å². The molecule has 0 unspecified atom stereocenters. The minimum atomic E-state index is -0.303. The van der Waals surface area contributed by atoms with Gasteiger partial charge in [-0.15, -0.1) is 0 Å². The van der Waals surface area contributed by atoms with Crippen molar-refractivity contribution in [3.63, 3.8) is 0 Å². The summed E-state index contributed by atoms with van der Waals surface area (Å²) in [6.07, 6.45) is 1.44. The first-order valence-corrected chi connectivity index (χ1v) is 9.22. The monoisotopic (exact) mass is 360 g/mol. The van der Waals surface area contributed by atoms with Crippen molar-refractivity contribution >= 4 is 23.4 Å². The Morgan fingerprint density at radius 3 is 2.38 bits per heavy atom. The first-order valence-electron chi connectivity index (χ1n) is 9.22. The van der Waals surface area contributed by atoms with Gasteiger partial charge in [-0.2, -0.15) is 0 Å². The number of carbonyl (C=O) groups excluding carboxylic acids is 3. The summed E-state index contributed by atoms with van der Waals surface area (Å²) in [7, 11) is 0. The third-order valence-corrected chi connectivity index (χ3v) is 4.57. The van der Waals surface area contributed by atoms with Crippen molar-refractivity contribution in [3.8, 4) is 0 Å². The molecule has 0 radical (unpaired) electrons. The second-order valence-electron chi connectivity index (χ2n) is 6.26. The first-order chi connectivity index (χ1) is 12.5. The van der Waals surface area contributed by atoms with E-state index in [9.17, 15) is 14.4 Å². The molecule has 7 heteroatoms. The lowest BCUT2D eigenvalue weighted by atomic mass is 10.2. The number of likely N-dealkylation sites (N-methyl/N-ethyl adjacent to an activating group) is 1. The highest BCUT2D eigenvalue weighted by atomic mass is 16.2.